The van der Waals surface area contributed by atoms with Gasteiger partial charge in [-0.25, -0.2) is 4.98 Å². The molecule has 0 atom stereocenters. The predicted molar refractivity (Wildman–Crippen MR) is 83.2 cm³/mol. The Labute approximate surface area is 115 Å². The lowest BCUT2D eigenvalue weighted by Crippen LogP contribution is -2.19. The number of aromatic nitrogens is 4. The summed E-state index contributed by atoms with van der Waals surface area (Å²) in [5, 5.41) is 8.43. The van der Waals surface area contributed by atoms with Gasteiger partial charge in [0.1, 0.15) is 5.69 Å². The molecular weight excluding hydrogens is 248 g/mol. The van der Waals surface area contributed by atoms with Gasteiger partial charge in [0.2, 0.25) is 0 Å². The number of fused-ring (bicyclic) bond motifs is 1. The Balaban J connectivity index is 2.28. The van der Waals surface area contributed by atoms with Crippen molar-refractivity contribution in [2.24, 2.45) is 0 Å². The zero-order chi connectivity index (χ0) is 14.3. The first-order chi connectivity index (χ1) is 9.61. The maximum Gasteiger partial charge on any atom is 0.159 e. The van der Waals surface area contributed by atoms with E-state index in [0.29, 0.717) is 16.9 Å². The number of imidazole rings is 1. The van der Waals surface area contributed by atoms with Crippen molar-refractivity contribution in [3.05, 3.63) is 53.6 Å². The number of benzene rings is 1. The van der Waals surface area contributed by atoms with E-state index < -0.39 is 0 Å². The van der Waals surface area contributed by atoms with Gasteiger partial charge >= 0.3 is 0 Å². The van der Waals surface area contributed by atoms with Gasteiger partial charge in [-0.3, -0.25) is 5.10 Å². The molecule has 0 fully saturated rings. The Morgan fingerprint density at radius 2 is 2.05 bits per heavy atom. The van der Waals surface area contributed by atoms with E-state index in [1.54, 1.807) is 6.08 Å². The largest absolute Gasteiger partial charge is 0.337 e. The first-order valence-corrected chi connectivity index (χ1v) is 6.15. The number of rotatable bonds is 3. The molecule has 98 valence electrons. The molecule has 4 nitrogen and oxygen atoms in total. The highest BCUT2D eigenvalue weighted by Crippen LogP contribution is 2.24. The highest BCUT2D eigenvalue weighted by Gasteiger charge is 2.12. The van der Waals surface area contributed by atoms with Crippen LogP contribution in [-0.4, -0.2) is 20.2 Å². The van der Waals surface area contributed by atoms with Crippen LogP contribution in [0.4, 0.5) is 0 Å². The van der Waals surface area contributed by atoms with Crippen molar-refractivity contribution in [1.82, 2.24) is 20.2 Å². The summed E-state index contributed by atoms with van der Waals surface area (Å²) in [4.78, 5) is 7.86. The van der Waals surface area contributed by atoms with Gasteiger partial charge < -0.3 is 4.98 Å². The van der Waals surface area contributed by atoms with Crippen LogP contribution in [0.25, 0.3) is 41.3 Å². The fourth-order valence-electron chi connectivity index (χ4n) is 2.11. The summed E-state index contributed by atoms with van der Waals surface area (Å²) in [6, 6.07) is 5.89. The molecule has 0 spiro atoms. The van der Waals surface area contributed by atoms with Crippen LogP contribution in [0.2, 0.25) is 0 Å². The lowest BCUT2D eigenvalue weighted by Gasteiger charge is -2.00. The van der Waals surface area contributed by atoms with Crippen LogP contribution in [0.5, 0.6) is 0 Å². The van der Waals surface area contributed by atoms with E-state index in [0.717, 1.165) is 27.4 Å². The summed E-state index contributed by atoms with van der Waals surface area (Å²) in [5.41, 5.74) is 4.25. The first-order valence-electron chi connectivity index (χ1n) is 6.15. The Bertz CT molecular complexity index is 927. The van der Waals surface area contributed by atoms with Crippen LogP contribution < -0.4 is 10.6 Å². The third-order valence-electron chi connectivity index (χ3n) is 3.28. The van der Waals surface area contributed by atoms with E-state index in [-0.39, 0.29) is 0 Å². The van der Waals surface area contributed by atoms with Crippen molar-refractivity contribution in [1.29, 1.82) is 0 Å². The Kier molecular flexibility index (Phi) is 2.64. The molecule has 0 saturated heterocycles. The van der Waals surface area contributed by atoms with Gasteiger partial charge in [0.15, 0.2) is 5.82 Å². The number of allylic oxidation sites excluding steroid dienone is 2. The second kappa shape index (κ2) is 4.35. The molecule has 3 rings (SSSR count). The Morgan fingerprint density at radius 3 is 2.70 bits per heavy atom. The van der Waals surface area contributed by atoms with Gasteiger partial charge in [-0.15, -0.1) is 0 Å². The van der Waals surface area contributed by atoms with Crippen LogP contribution in [-0.2, 0) is 0 Å². The van der Waals surface area contributed by atoms with E-state index >= 15 is 0 Å². The molecule has 0 amide bonds. The van der Waals surface area contributed by atoms with Gasteiger partial charge in [0.05, 0.1) is 16.4 Å². The van der Waals surface area contributed by atoms with Gasteiger partial charge in [-0.1, -0.05) is 44.5 Å². The summed E-state index contributed by atoms with van der Waals surface area (Å²) in [7, 11) is 0. The number of nitrogens with zero attached hydrogens (tertiary/aromatic N) is 2. The van der Waals surface area contributed by atoms with E-state index in [1.165, 1.54) is 0 Å². The van der Waals surface area contributed by atoms with E-state index in [9.17, 15) is 0 Å². The maximum absolute atomic E-state index is 4.61. The number of nitrogens with one attached hydrogen (secondary N) is 2. The fourth-order valence-corrected chi connectivity index (χ4v) is 2.11. The molecule has 0 unspecified atom stereocenters. The summed E-state index contributed by atoms with van der Waals surface area (Å²) in [6.07, 6.45) is 1.72. The van der Waals surface area contributed by atoms with Crippen molar-refractivity contribution in [2.45, 2.75) is 0 Å². The van der Waals surface area contributed by atoms with Crippen LogP contribution in [0.3, 0.4) is 0 Å². The maximum atomic E-state index is 4.61. The predicted octanol–water partition coefficient (Wildman–Crippen LogP) is 1.97. The molecule has 2 heterocycles. The molecule has 2 N–H and O–H groups in total. The third kappa shape index (κ3) is 1.70. The monoisotopic (exact) mass is 262 g/mol. The van der Waals surface area contributed by atoms with Crippen molar-refractivity contribution in [3.63, 3.8) is 0 Å². The molecule has 20 heavy (non-hydrogen) atoms. The van der Waals surface area contributed by atoms with Gasteiger partial charge in [-0.2, -0.15) is 5.10 Å². The normalized spacial score (nSPS) is 10.8. The van der Waals surface area contributed by atoms with Gasteiger partial charge in [-0.05, 0) is 11.6 Å². The first kappa shape index (κ1) is 12.2. The SMILES string of the molecule is C=CC(=C)c1cccc2[nH]c(-c3n[nH]c(=C)c3=C)nc12. The zero-order valence-electron chi connectivity index (χ0n) is 11.0. The molecule has 0 radical (unpaired) electrons. The molecule has 0 aliphatic rings. The van der Waals surface area contributed by atoms with Crippen LogP contribution in [0.1, 0.15) is 5.56 Å². The topological polar surface area (TPSA) is 57.4 Å². The summed E-state index contributed by atoms with van der Waals surface area (Å²) in [6.45, 7) is 15.5. The second-order valence-electron chi connectivity index (χ2n) is 4.55. The summed E-state index contributed by atoms with van der Waals surface area (Å²) in [5.74, 6) is 0.667. The van der Waals surface area contributed by atoms with Gasteiger partial charge in [0, 0.05) is 10.8 Å². The highest BCUT2D eigenvalue weighted by atomic mass is 15.1. The van der Waals surface area contributed by atoms with Crippen molar-refractivity contribution >= 4 is 29.8 Å². The van der Waals surface area contributed by atoms with E-state index in [4.69, 9.17) is 0 Å². The molecule has 0 aliphatic carbocycles. The molecule has 2 aromatic heterocycles. The number of hydrogen-bond donors (Lipinski definition) is 2. The number of aromatic amines is 2. The minimum absolute atomic E-state index is 0.667. The second-order valence-corrected chi connectivity index (χ2v) is 4.55. The fraction of sp³-hybridized carbons (Fsp3) is 0. The molecule has 3 aromatic rings. The van der Waals surface area contributed by atoms with E-state index in [1.807, 2.05) is 18.2 Å². The molecule has 1 aromatic carbocycles. The van der Waals surface area contributed by atoms with Crippen molar-refractivity contribution < 1.29 is 0 Å². The van der Waals surface area contributed by atoms with Crippen LogP contribution in [0.15, 0.2) is 37.4 Å². The number of H-pyrrole nitrogens is 2. The average molecular weight is 262 g/mol. The molecule has 4 heteroatoms. The number of hydrogen-bond acceptors (Lipinski definition) is 2. The summed E-state index contributed by atoms with van der Waals surface area (Å²) < 4.78 is 0. The van der Waals surface area contributed by atoms with Crippen LogP contribution >= 0.6 is 0 Å². The van der Waals surface area contributed by atoms with Gasteiger partial charge in [0.25, 0.3) is 0 Å². The molecule has 0 saturated carbocycles. The Hall–Kier alpha value is -2.88. The Morgan fingerprint density at radius 1 is 1.25 bits per heavy atom. The zero-order valence-corrected chi connectivity index (χ0v) is 11.0. The standard InChI is InChI=1S/C16H14N4/c1-5-9(2)12-7-6-8-13-15(12)18-16(17-13)14-10(3)11(4)19-20-14/h5-8,19H,1-4H2,(H,17,18). The number of para-hydroxylation sites is 1. The van der Waals surface area contributed by atoms with Crippen molar-refractivity contribution in [3.8, 4) is 11.5 Å². The molecular formula is C16H14N4. The highest BCUT2D eigenvalue weighted by molar-refractivity contribution is 5.92. The average Bonchev–Trinajstić information content (AvgIpc) is 3.02. The quantitative estimate of drug-likeness (QED) is 0.709. The smallest absolute Gasteiger partial charge is 0.159 e. The van der Waals surface area contributed by atoms with Crippen LogP contribution in [0, 0.1) is 0 Å². The molecule has 0 aliphatic heterocycles. The lowest BCUT2D eigenvalue weighted by molar-refractivity contribution is 1.06. The van der Waals surface area contributed by atoms with Crippen molar-refractivity contribution in [2.75, 3.05) is 0 Å². The lowest BCUT2D eigenvalue weighted by atomic mass is 10.1. The minimum Gasteiger partial charge on any atom is -0.337 e. The minimum atomic E-state index is 0.667. The third-order valence-corrected chi connectivity index (χ3v) is 3.28. The molecule has 0 bridgehead atoms. The van der Waals surface area contributed by atoms with E-state index in [2.05, 4.69) is 46.5 Å². The summed E-state index contributed by atoms with van der Waals surface area (Å²) >= 11 is 0.